The van der Waals surface area contributed by atoms with Crippen LogP contribution in [0.5, 0.6) is 5.75 Å². The molecule has 3 rings (SSSR count). The topological polar surface area (TPSA) is 99.5 Å². The van der Waals surface area contributed by atoms with E-state index in [2.05, 4.69) is 9.82 Å². The van der Waals surface area contributed by atoms with E-state index < -0.39 is 16.0 Å². The molecule has 8 nitrogen and oxygen atoms in total. The molecule has 0 unspecified atom stereocenters. The Bertz CT molecular complexity index is 1110. The highest BCUT2D eigenvalue weighted by Gasteiger charge is 2.22. The van der Waals surface area contributed by atoms with Gasteiger partial charge in [0.1, 0.15) is 17.1 Å². The second-order valence-electron chi connectivity index (χ2n) is 5.88. The Morgan fingerprint density at radius 2 is 1.79 bits per heavy atom. The van der Waals surface area contributed by atoms with E-state index in [0.717, 1.165) is 0 Å². The number of rotatable bonds is 6. The van der Waals surface area contributed by atoms with Crippen LogP contribution >= 0.6 is 0 Å². The highest BCUT2D eigenvalue weighted by molar-refractivity contribution is 7.92. The lowest BCUT2D eigenvalue weighted by Gasteiger charge is -2.12. The maximum Gasteiger partial charge on any atom is 0.341 e. The molecule has 0 saturated carbocycles. The van der Waals surface area contributed by atoms with Crippen LogP contribution in [0.2, 0.25) is 0 Å². The van der Waals surface area contributed by atoms with Crippen molar-refractivity contribution in [3.63, 3.8) is 0 Å². The number of ether oxygens (including phenoxy) is 2. The van der Waals surface area contributed by atoms with Crippen LogP contribution in [-0.2, 0) is 14.8 Å². The summed E-state index contributed by atoms with van der Waals surface area (Å²) < 4.78 is 39.6. The summed E-state index contributed by atoms with van der Waals surface area (Å²) in [6.45, 7) is 1.76. The molecular weight excluding hydrogens is 382 g/mol. The van der Waals surface area contributed by atoms with Crippen LogP contribution < -0.4 is 9.46 Å². The second-order valence-corrected chi connectivity index (χ2v) is 7.56. The van der Waals surface area contributed by atoms with Gasteiger partial charge in [-0.2, -0.15) is 5.10 Å². The highest BCUT2D eigenvalue weighted by atomic mass is 32.2. The summed E-state index contributed by atoms with van der Waals surface area (Å²) in [5.41, 5.74) is 1.37. The van der Waals surface area contributed by atoms with Gasteiger partial charge in [0.15, 0.2) is 0 Å². The molecule has 2 aromatic carbocycles. The van der Waals surface area contributed by atoms with Crippen molar-refractivity contribution in [2.24, 2.45) is 0 Å². The number of esters is 1. The number of methoxy groups -OCH3 is 2. The van der Waals surface area contributed by atoms with Gasteiger partial charge in [0.25, 0.3) is 10.0 Å². The summed E-state index contributed by atoms with van der Waals surface area (Å²) in [5, 5.41) is 4.34. The molecule has 0 atom stereocenters. The number of nitrogens with zero attached hydrogens (tertiary/aromatic N) is 2. The third kappa shape index (κ3) is 3.84. The molecule has 1 aromatic heterocycles. The standard InChI is InChI=1S/C19H19N3O5S/c1-13-11-18(22(20-13)14-7-5-4-6-8-14)21-28(24,25)15-9-10-17(26-2)16(12-15)19(23)27-3/h4-12,21H,1-3H3. The van der Waals surface area contributed by atoms with Crippen molar-refractivity contribution in [2.75, 3.05) is 18.9 Å². The van der Waals surface area contributed by atoms with E-state index in [0.29, 0.717) is 11.4 Å². The summed E-state index contributed by atoms with van der Waals surface area (Å²) in [5.74, 6) is -0.200. The Labute approximate surface area is 162 Å². The van der Waals surface area contributed by atoms with Gasteiger partial charge >= 0.3 is 5.97 Å². The van der Waals surface area contributed by atoms with Crippen LogP contribution in [0.15, 0.2) is 59.5 Å². The third-order valence-corrected chi connectivity index (χ3v) is 5.31. The Balaban J connectivity index is 2.01. The van der Waals surface area contributed by atoms with Crippen LogP contribution in [0.3, 0.4) is 0 Å². The molecule has 28 heavy (non-hydrogen) atoms. The second kappa shape index (κ2) is 7.73. The molecule has 0 saturated heterocycles. The van der Waals surface area contributed by atoms with Crippen molar-refractivity contribution in [3.05, 3.63) is 65.9 Å². The molecule has 1 N–H and O–H groups in total. The first-order chi connectivity index (χ1) is 13.4. The number of aromatic nitrogens is 2. The Hall–Kier alpha value is -3.33. The molecule has 0 spiro atoms. The van der Waals surface area contributed by atoms with E-state index in [1.807, 2.05) is 30.3 Å². The minimum atomic E-state index is -3.99. The van der Waals surface area contributed by atoms with Crippen LogP contribution in [-0.4, -0.2) is 38.4 Å². The van der Waals surface area contributed by atoms with Gasteiger partial charge in [-0.3, -0.25) is 4.72 Å². The fourth-order valence-electron chi connectivity index (χ4n) is 2.66. The summed E-state index contributed by atoms with van der Waals surface area (Å²) >= 11 is 0. The summed E-state index contributed by atoms with van der Waals surface area (Å²) in [4.78, 5) is 11.8. The van der Waals surface area contributed by atoms with Crippen molar-refractivity contribution in [3.8, 4) is 11.4 Å². The van der Waals surface area contributed by atoms with Crippen molar-refractivity contribution in [1.29, 1.82) is 0 Å². The van der Waals surface area contributed by atoms with Crippen molar-refractivity contribution in [2.45, 2.75) is 11.8 Å². The van der Waals surface area contributed by atoms with Gasteiger partial charge < -0.3 is 9.47 Å². The number of hydrogen-bond acceptors (Lipinski definition) is 6. The van der Waals surface area contributed by atoms with E-state index in [4.69, 9.17) is 9.47 Å². The number of anilines is 1. The summed E-state index contributed by atoms with van der Waals surface area (Å²) in [6, 6.07) is 14.7. The molecular formula is C19H19N3O5S. The highest BCUT2D eigenvalue weighted by Crippen LogP contribution is 2.26. The Morgan fingerprint density at radius 1 is 1.07 bits per heavy atom. The van der Waals surface area contributed by atoms with Crippen molar-refractivity contribution < 1.29 is 22.7 Å². The fourth-order valence-corrected chi connectivity index (χ4v) is 3.72. The largest absolute Gasteiger partial charge is 0.496 e. The van der Waals surface area contributed by atoms with Crippen LogP contribution in [0.4, 0.5) is 5.82 Å². The maximum atomic E-state index is 12.9. The van der Waals surface area contributed by atoms with E-state index in [1.54, 1.807) is 13.0 Å². The van der Waals surface area contributed by atoms with Crippen LogP contribution in [0, 0.1) is 6.92 Å². The van der Waals surface area contributed by atoms with Gasteiger partial charge in [0.05, 0.1) is 30.5 Å². The van der Waals surface area contributed by atoms with E-state index in [-0.39, 0.29) is 22.0 Å². The monoisotopic (exact) mass is 401 g/mol. The van der Waals surface area contributed by atoms with Crippen molar-refractivity contribution >= 4 is 21.8 Å². The van der Waals surface area contributed by atoms with Crippen LogP contribution in [0.1, 0.15) is 16.1 Å². The number of carbonyl (C=O) groups is 1. The number of hydrogen-bond donors (Lipinski definition) is 1. The minimum absolute atomic E-state index is 0.0145. The lowest BCUT2D eigenvalue weighted by molar-refractivity contribution is 0.0597. The number of carbonyl (C=O) groups excluding carboxylic acids is 1. The fraction of sp³-hybridized carbons (Fsp3) is 0.158. The van der Waals surface area contributed by atoms with Gasteiger partial charge in [-0.05, 0) is 37.3 Å². The average Bonchev–Trinajstić information content (AvgIpc) is 3.06. The van der Waals surface area contributed by atoms with Crippen molar-refractivity contribution in [1.82, 2.24) is 9.78 Å². The molecule has 9 heteroatoms. The predicted molar refractivity (Wildman–Crippen MR) is 103 cm³/mol. The molecule has 0 aliphatic rings. The van der Waals surface area contributed by atoms with E-state index in [1.165, 1.54) is 37.1 Å². The third-order valence-electron chi connectivity index (χ3n) is 3.96. The van der Waals surface area contributed by atoms with E-state index in [9.17, 15) is 13.2 Å². The first-order valence-corrected chi connectivity index (χ1v) is 9.75. The Kier molecular flexibility index (Phi) is 5.36. The number of para-hydroxylation sites is 1. The molecule has 0 aliphatic carbocycles. The summed E-state index contributed by atoms with van der Waals surface area (Å²) in [7, 11) is -1.40. The maximum absolute atomic E-state index is 12.9. The van der Waals surface area contributed by atoms with Gasteiger partial charge in [0.2, 0.25) is 0 Å². The average molecular weight is 401 g/mol. The smallest absolute Gasteiger partial charge is 0.341 e. The molecule has 0 fully saturated rings. The molecule has 0 aliphatic heterocycles. The number of nitrogens with one attached hydrogen (secondary N) is 1. The SMILES string of the molecule is COC(=O)c1cc(S(=O)(=O)Nc2cc(C)nn2-c2ccccc2)ccc1OC. The molecule has 0 bridgehead atoms. The normalized spacial score (nSPS) is 11.1. The van der Waals surface area contributed by atoms with Gasteiger partial charge in [0, 0.05) is 6.07 Å². The number of aryl methyl sites for hydroxylation is 1. The quantitative estimate of drug-likeness (QED) is 0.638. The number of benzene rings is 2. The zero-order valence-corrected chi connectivity index (χ0v) is 16.4. The summed E-state index contributed by atoms with van der Waals surface area (Å²) in [6.07, 6.45) is 0. The molecule has 0 amide bonds. The van der Waals surface area contributed by atoms with Crippen LogP contribution in [0.25, 0.3) is 5.69 Å². The first-order valence-electron chi connectivity index (χ1n) is 8.27. The Morgan fingerprint density at radius 3 is 2.43 bits per heavy atom. The zero-order valence-electron chi connectivity index (χ0n) is 15.5. The predicted octanol–water partition coefficient (Wildman–Crippen LogP) is 2.78. The first kappa shape index (κ1) is 19.4. The molecule has 146 valence electrons. The molecule has 0 radical (unpaired) electrons. The lowest BCUT2D eigenvalue weighted by atomic mass is 10.2. The van der Waals surface area contributed by atoms with E-state index >= 15 is 0 Å². The lowest BCUT2D eigenvalue weighted by Crippen LogP contribution is -2.17. The van der Waals surface area contributed by atoms with Gasteiger partial charge in [-0.15, -0.1) is 0 Å². The van der Waals surface area contributed by atoms with Gasteiger partial charge in [-0.1, -0.05) is 18.2 Å². The minimum Gasteiger partial charge on any atom is -0.496 e. The zero-order chi connectivity index (χ0) is 20.3. The number of sulfonamides is 1. The van der Waals surface area contributed by atoms with Gasteiger partial charge in [-0.25, -0.2) is 17.9 Å². The molecule has 1 heterocycles. The molecule has 3 aromatic rings.